The SMILES string of the molecule is O=C(Cc1c[nH]c2ccc(Cl)cc12)Nc1ccc(Br)nc1. The van der Waals surface area contributed by atoms with Gasteiger partial charge in [0.2, 0.25) is 5.91 Å². The van der Waals surface area contributed by atoms with Gasteiger partial charge in [0.1, 0.15) is 4.60 Å². The Morgan fingerprint density at radius 2 is 2.19 bits per heavy atom. The minimum Gasteiger partial charge on any atom is -0.361 e. The first-order chi connectivity index (χ1) is 10.1. The van der Waals surface area contributed by atoms with Crippen molar-refractivity contribution in [2.45, 2.75) is 6.42 Å². The molecule has 1 aromatic carbocycles. The fraction of sp³-hybridized carbons (Fsp3) is 0.0667. The van der Waals surface area contributed by atoms with Crippen LogP contribution in [0.3, 0.4) is 0 Å². The molecule has 6 heteroatoms. The molecule has 0 spiro atoms. The van der Waals surface area contributed by atoms with Gasteiger partial charge in [-0.25, -0.2) is 4.98 Å². The number of aromatic nitrogens is 2. The Balaban J connectivity index is 1.77. The maximum atomic E-state index is 12.1. The molecular formula is C15H11BrClN3O. The van der Waals surface area contributed by atoms with Gasteiger partial charge in [0.15, 0.2) is 0 Å². The number of nitrogens with one attached hydrogen (secondary N) is 2. The van der Waals surface area contributed by atoms with Crippen LogP contribution in [0.4, 0.5) is 5.69 Å². The molecule has 106 valence electrons. The molecule has 2 aromatic heterocycles. The minimum atomic E-state index is -0.0972. The van der Waals surface area contributed by atoms with Crippen LogP contribution in [-0.2, 0) is 11.2 Å². The average Bonchev–Trinajstić information content (AvgIpc) is 2.84. The molecule has 0 saturated carbocycles. The summed E-state index contributed by atoms with van der Waals surface area (Å²) in [6.07, 6.45) is 3.71. The number of rotatable bonds is 3. The van der Waals surface area contributed by atoms with Crippen molar-refractivity contribution in [3.8, 4) is 0 Å². The summed E-state index contributed by atoms with van der Waals surface area (Å²) in [6, 6.07) is 9.15. The highest BCUT2D eigenvalue weighted by molar-refractivity contribution is 9.10. The van der Waals surface area contributed by atoms with Gasteiger partial charge in [-0.2, -0.15) is 0 Å². The van der Waals surface area contributed by atoms with Crippen LogP contribution in [0.15, 0.2) is 47.3 Å². The van der Waals surface area contributed by atoms with Crippen molar-refractivity contribution < 1.29 is 4.79 Å². The van der Waals surface area contributed by atoms with Crippen LogP contribution in [0.25, 0.3) is 10.9 Å². The monoisotopic (exact) mass is 363 g/mol. The van der Waals surface area contributed by atoms with E-state index in [1.807, 2.05) is 24.4 Å². The average molecular weight is 365 g/mol. The van der Waals surface area contributed by atoms with E-state index in [-0.39, 0.29) is 12.3 Å². The Morgan fingerprint density at radius 1 is 1.33 bits per heavy atom. The molecule has 0 aliphatic rings. The number of hydrogen-bond donors (Lipinski definition) is 2. The van der Waals surface area contributed by atoms with Gasteiger partial charge in [-0.3, -0.25) is 4.79 Å². The number of hydrogen-bond acceptors (Lipinski definition) is 2. The third kappa shape index (κ3) is 3.25. The van der Waals surface area contributed by atoms with E-state index in [1.165, 1.54) is 0 Å². The predicted octanol–water partition coefficient (Wildman–Crippen LogP) is 4.16. The molecule has 0 aliphatic carbocycles. The summed E-state index contributed by atoms with van der Waals surface area (Å²) in [7, 11) is 0. The fourth-order valence-electron chi connectivity index (χ4n) is 2.12. The van der Waals surface area contributed by atoms with Gasteiger partial charge in [-0.05, 0) is 51.8 Å². The summed E-state index contributed by atoms with van der Waals surface area (Å²) >= 11 is 9.26. The molecule has 0 atom stereocenters. The van der Waals surface area contributed by atoms with E-state index in [2.05, 4.69) is 31.2 Å². The number of pyridine rings is 1. The smallest absolute Gasteiger partial charge is 0.228 e. The van der Waals surface area contributed by atoms with Crippen LogP contribution in [0.5, 0.6) is 0 Å². The summed E-state index contributed by atoms with van der Waals surface area (Å²) < 4.78 is 0.728. The van der Waals surface area contributed by atoms with Crippen LogP contribution in [0.1, 0.15) is 5.56 Å². The third-order valence-corrected chi connectivity index (χ3v) is 3.80. The molecule has 0 bridgehead atoms. The minimum absolute atomic E-state index is 0.0972. The number of fused-ring (bicyclic) bond motifs is 1. The van der Waals surface area contributed by atoms with Gasteiger partial charge in [0.25, 0.3) is 0 Å². The van der Waals surface area contributed by atoms with Crippen LogP contribution in [0, 0.1) is 0 Å². The quantitative estimate of drug-likeness (QED) is 0.686. The molecule has 1 amide bonds. The fourth-order valence-corrected chi connectivity index (χ4v) is 2.53. The Labute approximate surface area is 134 Å². The number of H-pyrrole nitrogens is 1. The zero-order valence-electron chi connectivity index (χ0n) is 10.9. The van der Waals surface area contributed by atoms with E-state index < -0.39 is 0 Å². The molecule has 4 nitrogen and oxygen atoms in total. The number of amides is 1. The number of carbonyl (C=O) groups is 1. The summed E-state index contributed by atoms with van der Waals surface area (Å²) in [6.45, 7) is 0. The maximum absolute atomic E-state index is 12.1. The Kier molecular flexibility index (Phi) is 3.94. The Morgan fingerprint density at radius 3 is 2.95 bits per heavy atom. The summed E-state index contributed by atoms with van der Waals surface area (Å²) in [5, 5.41) is 4.44. The lowest BCUT2D eigenvalue weighted by atomic mass is 10.1. The van der Waals surface area contributed by atoms with E-state index in [0.717, 1.165) is 21.1 Å². The van der Waals surface area contributed by atoms with E-state index >= 15 is 0 Å². The molecule has 2 heterocycles. The Hall–Kier alpha value is -1.85. The van der Waals surface area contributed by atoms with Crippen molar-refractivity contribution in [1.29, 1.82) is 0 Å². The second kappa shape index (κ2) is 5.87. The van der Waals surface area contributed by atoms with Crippen LogP contribution in [0.2, 0.25) is 5.02 Å². The van der Waals surface area contributed by atoms with Gasteiger partial charge < -0.3 is 10.3 Å². The first-order valence-corrected chi connectivity index (χ1v) is 7.46. The van der Waals surface area contributed by atoms with Crippen LogP contribution < -0.4 is 5.32 Å². The molecule has 2 N–H and O–H groups in total. The molecule has 0 saturated heterocycles. The van der Waals surface area contributed by atoms with Crippen LogP contribution >= 0.6 is 27.5 Å². The van der Waals surface area contributed by atoms with Gasteiger partial charge in [0, 0.05) is 22.1 Å². The zero-order valence-corrected chi connectivity index (χ0v) is 13.2. The molecule has 0 radical (unpaired) electrons. The van der Waals surface area contributed by atoms with E-state index in [4.69, 9.17) is 11.6 Å². The van der Waals surface area contributed by atoms with Crippen molar-refractivity contribution in [2.24, 2.45) is 0 Å². The van der Waals surface area contributed by atoms with Crippen molar-refractivity contribution >= 4 is 50.0 Å². The lowest BCUT2D eigenvalue weighted by Crippen LogP contribution is -2.14. The molecule has 0 aliphatic heterocycles. The maximum Gasteiger partial charge on any atom is 0.228 e. The molecule has 3 aromatic rings. The molecular weight excluding hydrogens is 354 g/mol. The van der Waals surface area contributed by atoms with E-state index in [9.17, 15) is 4.79 Å². The van der Waals surface area contributed by atoms with Crippen molar-refractivity contribution in [1.82, 2.24) is 9.97 Å². The van der Waals surface area contributed by atoms with E-state index in [0.29, 0.717) is 10.7 Å². The highest BCUT2D eigenvalue weighted by Gasteiger charge is 2.09. The zero-order chi connectivity index (χ0) is 14.8. The van der Waals surface area contributed by atoms with Gasteiger partial charge in [-0.1, -0.05) is 11.6 Å². The van der Waals surface area contributed by atoms with Crippen LogP contribution in [-0.4, -0.2) is 15.9 Å². The van der Waals surface area contributed by atoms with Crippen molar-refractivity contribution in [2.75, 3.05) is 5.32 Å². The standard InChI is InChI=1S/C15H11BrClN3O/c16-14-4-2-11(8-19-14)20-15(21)5-9-7-18-13-3-1-10(17)6-12(9)13/h1-4,6-8,18H,5H2,(H,20,21). The summed E-state index contributed by atoms with van der Waals surface area (Å²) in [4.78, 5) is 19.3. The number of aromatic amines is 1. The number of carbonyl (C=O) groups excluding carboxylic acids is 1. The highest BCUT2D eigenvalue weighted by atomic mass is 79.9. The predicted molar refractivity (Wildman–Crippen MR) is 87.6 cm³/mol. The largest absolute Gasteiger partial charge is 0.361 e. The molecule has 21 heavy (non-hydrogen) atoms. The highest BCUT2D eigenvalue weighted by Crippen LogP contribution is 2.23. The second-order valence-electron chi connectivity index (χ2n) is 4.60. The lowest BCUT2D eigenvalue weighted by molar-refractivity contribution is -0.115. The number of nitrogens with zero attached hydrogens (tertiary/aromatic N) is 1. The normalized spacial score (nSPS) is 10.8. The third-order valence-electron chi connectivity index (χ3n) is 3.09. The van der Waals surface area contributed by atoms with Gasteiger partial charge in [0.05, 0.1) is 18.3 Å². The first-order valence-electron chi connectivity index (χ1n) is 6.29. The first kappa shape index (κ1) is 14.1. The summed E-state index contributed by atoms with van der Waals surface area (Å²) in [5.74, 6) is -0.0972. The molecule has 0 unspecified atom stereocenters. The van der Waals surface area contributed by atoms with Crippen molar-refractivity contribution in [3.63, 3.8) is 0 Å². The van der Waals surface area contributed by atoms with Crippen molar-refractivity contribution in [3.05, 3.63) is 57.9 Å². The van der Waals surface area contributed by atoms with E-state index in [1.54, 1.807) is 18.3 Å². The number of halogens is 2. The Bertz CT molecular complexity index is 798. The lowest BCUT2D eigenvalue weighted by Gasteiger charge is -2.04. The topological polar surface area (TPSA) is 57.8 Å². The number of anilines is 1. The second-order valence-corrected chi connectivity index (χ2v) is 5.85. The molecule has 0 fully saturated rings. The van der Waals surface area contributed by atoms with Gasteiger partial charge in [-0.15, -0.1) is 0 Å². The van der Waals surface area contributed by atoms with Gasteiger partial charge >= 0.3 is 0 Å². The number of benzene rings is 1. The summed E-state index contributed by atoms with van der Waals surface area (Å²) in [5.41, 5.74) is 2.55. The molecule has 3 rings (SSSR count).